The molecule has 0 saturated heterocycles. The zero-order valence-corrected chi connectivity index (χ0v) is 11.6. The highest BCUT2D eigenvalue weighted by Crippen LogP contribution is 2.10. The minimum Gasteiger partial charge on any atom is -0.490 e. The number of rotatable bonds is 2. The van der Waals surface area contributed by atoms with E-state index in [1.54, 1.807) is 0 Å². The quantitative estimate of drug-likeness (QED) is 0.708. The molecule has 6 nitrogen and oxygen atoms in total. The van der Waals surface area contributed by atoms with E-state index in [1.807, 2.05) is 31.2 Å². The molecule has 0 amide bonds. The van der Waals surface area contributed by atoms with Crippen LogP contribution >= 0.6 is 0 Å². The van der Waals surface area contributed by atoms with Crippen LogP contribution in [0.4, 0.5) is 0 Å². The second-order valence-electron chi connectivity index (χ2n) is 4.63. The number of aromatic nitrogens is 3. The van der Waals surface area contributed by atoms with Gasteiger partial charge in [0.05, 0.1) is 19.0 Å². The van der Waals surface area contributed by atoms with Crippen LogP contribution in [0.2, 0.25) is 0 Å². The summed E-state index contributed by atoms with van der Waals surface area (Å²) in [4.78, 5) is 28.5. The average Bonchev–Trinajstić information content (AvgIpc) is 2.49. The van der Waals surface area contributed by atoms with Gasteiger partial charge in [-0.25, -0.2) is 14.0 Å². The van der Waals surface area contributed by atoms with Gasteiger partial charge in [0, 0.05) is 12.3 Å². The standard InChI is InChI=1S/C15H13N3O3/c1-10-3-5-11(6-4-10)18-13(19)7-8-17-14(20)12(21-2)9-16-15(17)18/h3-9H,1-2H3. The fraction of sp³-hybridized carbons (Fsp3) is 0.133. The first kappa shape index (κ1) is 13.1. The summed E-state index contributed by atoms with van der Waals surface area (Å²) in [5.41, 5.74) is 1.12. The van der Waals surface area contributed by atoms with E-state index >= 15 is 0 Å². The monoisotopic (exact) mass is 283 g/mol. The van der Waals surface area contributed by atoms with Gasteiger partial charge < -0.3 is 4.74 Å². The first-order chi connectivity index (χ1) is 10.1. The lowest BCUT2D eigenvalue weighted by Crippen LogP contribution is -2.26. The molecule has 0 fully saturated rings. The van der Waals surface area contributed by atoms with Crippen molar-refractivity contribution < 1.29 is 4.74 Å². The Labute approximate surface area is 119 Å². The third-order valence-electron chi connectivity index (χ3n) is 3.24. The van der Waals surface area contributed by atoms with Crippen LogP contribution in [0.15, 0.2) is 52.3 Å². The summed E-state index contributed by atoms with van der Waals surface area (Å²) < 4.78 is 7.64. The van der Waals surface area contributed by atoms with E-state index in [4.69, 9.17) is 4.74 Å². The lowest BCUT2D eigenvalue weighted by Gasteiger charge is -2.10. The second-order valence-corrected chi connectivity index (χ2v) is 4.63. The number of hydrogen-bond donors (Lipinski definition) is 0. The van der Waals surface area contributed by atoms with E-state index in [0.717, 1.165) is 5.56 Å². The van der Waals surface area contributed by atoms with Crippen LogP contribution in [0.3, 0.4) is 0 Å². The molecule has 0 aliphatic rings. The number of ether oxygens (including phenoxy) is 1. The third kappa shape index (κ3) is 2.10. The van der Waals surface area contributed by atoms with Crippen molar-refractivity contribution in [3.05, 3.63) is 69.0 Å². The normalized spacial score (nSPS) is 10.8. The fourth-order valence-electron chi connectivity index (χ4n) is 2.13. The molecule has 106 valence electrons. The number of methoxy groups -OCH3 is 1. The molecule has 0 aliphatic carbocycles. The number of fused-ring (bicyclic) bond motifs is 1. The maximum absolute atomic E-state index is 12.2. The third-order valence-corrected chi connectivity index (χ3v) is 3.24. The van der Waals surface area contributed by atoms with Crippen LogP contribution < -0.4 is 15.9 Å². The van der Waals surface area contributed by atoms with E-state index in [0.29, 0.717) is 5.69 Å². The van der Waals surface area contributed by atoms with E-state index in [1.165, 1.54) is 34.5 Å². The molecule has 0 unspecified atom stereocenters. The van der Waals surface area contributed by atoms with Gasteiger partial charge >= 0.3 is 5.56 Å². The Balaban J connectivity index is 2.39. The molecule has 0 N–H and O–H groups in total. The van der Waals surface area contributed by atoms with Gasteiger partial charge in [0.2, 0.25) is 11.5 Å². The van der Waals surface area contributed by atoms with Gasteiger partial charge in [0.15, 0.2) is 0 Å². The van der Waals surface area contributed by atoms with Crippen molar-refractivity contribution in [2.75, 3.05) is 7.11 Å². The van der Waals surface area contributed by atoms with Gasteiger partial charge in [-0.2, -0.15) is 0 Å². The van der Waals surface area contributed by atoms with Crippen LogP contribution in [0, 0.1) is 6.92 Å². The van der Waals surface area contributed by atoms with Gasteiger partial charge in [0.25, 0.3) is 5.56 Å². The van der Waals surface area contributed by atoms with Crippen LogP contribution in [0.1, 0.15) is 5.56 Å². The van der Waals surface area contributed by atoms with Crippen LogP contribution in [-0.4, -0.2) is 21.1 Å². The molecule has 0 saturated carbocycles. The molecule has 0 radical (unpaired) electrons. The Morgan fingerprint density at radius 1 is 1.10 bits per heavy atom. The summed E-state index contributed by atoms with van der Waals surface area (Å²) in [5.74, 6) is 0.374. The number of hydrogen-bond acceptors (Lipinski definition) is 4. The van der Waals surface area contributed by atoms with E-state index in [-0.39, 0.29) is 22.6 Å². The molecule has 0 spiro atoms. The van der Waals surface area contributed by atoms with Crippen molar-refractivity contribution in [2.24, 2.45) is 0 Å². The lowest BCUT2D eigenvalue weighted by molar-refractivity contribution is 0.405. The van der Waals surface area contributed by atoms with Crippen LogP contribution in [0.5, 0.6) is 5.75 Å². The topological polar surface area (TPSA) is 65.6 Å². The number of nitrogens with zero attached hydrogens (tertiary/aromatic N) is 3. The predicted molar refractivity (Wildman–Crippen MR) is 78.3 cm³/mol. The molecule has 0 aliphatic heterocycles. The Hall–Kier alpha value is -2.89. The minimum absolute atomic E-state index is 0.126. The summed E-state index contributed by atoms with van der Waals surface area (Å²) in [6.07, 6.45) is 2.72. The number of aryl methyl sites for hydroxylation is 1. The molecule has 0 atom stereocenters. The maximum Gasteiger partial charge on any atom is 0.301 e. The predicted octanol–water partition coefficient (Wildman–Crippen LogP) is 1.16. The van der Waals surface area contributed by atoms with Crippen molar-refractivity contribution in [3.63, 3.8) is 0 Å². The summed E-state index contributed by atoms with van der Waals surface area (Å²) in [6.45, 7) is 1.96. The van der Waals surface area contributed by atoms with E-state index < -0.39 is 0 Å². The largest absolute Gasteiger partial charge is 0.490 e. The van der Waals surface area contributed by atoms with Gasteiger partial charge in [0.1, 0.15) is 0 Å². The zero-order chi connectivity index (χ0) is 15.0. The molecule has 2 heterocycles. The van der Waals surface area contributed by atoms with Crippen molar-refractivity contribution in [1.82, 2.24) is 14.0 Å². The van der Waals surface area contributed by atoms with E-state index in [9.17, 15) is 9.59 Å². The van der Waals surface area contributed by atoms with Gasteiger partial charge in [-0.3, -0.25) is 9.59 Å². The Bertz CT molecular complexity index is 924. The highest BCUT2D eigenvalue weighted by molar-refractivity contribution is 5.44. The molecule has 3 aromatic rings. The smallest absolute Gasteiger partial charge is 0.301 e. The maximum atomic E-state index is 12.2. The first-order valence-electron chi connectivity index (χ1n) is 6.36. The summed E-state index contributed by atoms with van der Waals surface area (Å²) >= 11 is 0. The van der Waals surface area contributed by atoms with Crippen molar-refractivity contribution in [3.8, 4) is 11.4 Å². The van der Waals surface area contributed by atoms with Crippen molar-refractivity contribution in [2.45, 2.75) is 6.92 Å². The summed E-state index contributed by atoms with van der Waals surface area (Å²) in [7, 11) is 1.40. The van der Waals surface area contributed by atoms with Crippen LogP contribution in [-0.2, 0) is 0 Å². The Morgan fingerprint density at radius 2 is 1.81 bits per heavy atom. The fourth-order valence-corrected chi connectivity index (χ4v) is 2.13. The minimum atomic E-state index is -0.358. The van der Waals surface area contributed by atoms with Crippen molar-refractivity contribution in [1.29, 1.82) is 0 Å². The molecule has 0 bridgehead atoms. The molecule has 6 heteroatoms. The first-order valence-corrected chi connectivity index (χ1v) is 6.36. The Kier molecular flexibility index (Phi) is 3.06. The van der Waals surface area contributed by atoms with Gasteiger partial charge in [-0.05, 0) is 19.1 Å². The second kappa shape index (κ2) is 4.90. The molecule has 21 heavy (non-hydrogen) atoms. The molecule has 1 aromatic carbocycles. The van der Waals surface area contributed by atoms with Crippen LogP contribution in [0.25, 0.3) is 11.5 Å². The molecule has 2 aromatic heterocycles. The lowest BCUT2D eigenvalue weighted by atomic mass is 10.2. The van der Waals surface area contributed by atoms with Gasteiger partial charge in [-0.1, -0.05) is 17.7 Å². The molecule has 3 rings (SSSR count). The zero-order valence-electron chi connectivity index (χ0n) is 11.6. The van der Waals surface area contributed by atoms with Crippen molar-refractivity contribution >= 4 is 5.78 Å². The summed E-state index contributed by atoms with van der Waals surface area (Å²) in [5, 5.41) is 0. The van der Waals surface area contributed by atoms with E-state index in [2.05, 4.69) is 4.98 Å². The average molecular weight is 283 g/mol. The number of benzene rings is 1. The highest BCUT2D eigenvalue weighted by Gasteiger charge is 2.10. The SMILES string of the molecule is COc1cnc2n(-c3ccc(C)cc3)c(=O)ccn2c1=O. The molecular formula is C15H13N3O3. The highest BCUT2D eigenvalue weighted by atomic mass is 16.5. The Morgan fingerprint density at radius 3 is 2.48 bits per heavy atom. The molecular weight excluding hydrogens is 270 g/mol. The van der Waals surface area contributed by atoms with Gasteiger partial charge in [-0.15, -0.1) is 0 Å². The summed E-state index contributed by atoms with van der Waals surface area (Å²) in [6, 6.07) is 8.75.